The third kappa shape index (κ3) is 5.77. The van der Waals surface area contributed by atoms with Crippen LogP contribution in [-0.4, -0.2) is 10.8 Å². The second kappa shape index (κ2) is 11.3. The van der Waals surface area contributed by atoms with Crippen molar-refractivity contribution < 1.29 is 0 Å². The topological polar surface area (TPSA) is 22.0 Å². The summed E-state index contributed by atoms with van der Waals surface area (Å²) in [4.78, 5) is 14.0. The summed E-state index contributed by atoms with van der Waals surface area (Å²) in [5.41, 5.74) is 3.44. The van der Waals surface area contributed by atoms with Crippen molar-refractivity contribution in [3.63, 3.8) is 0 Å². The normalized spacial score (nSPS) is 11.0. The van der Waals surface area contributed by atoms with Crippen molar-refractivity contribution in [2.24, 2.45) is 7.05 Å². The Labute approximate surface area is 163 Å². The summed E-state index contributed by atoms with van der Waals surface area (Å²) in [5.74, 6) is 0. The smallest absolute Gasteiger partial charge is 0.254 e. The van der Waals surface area contributed by atoms with Gasteiger partial charge in [0.1, 0.15) is 0 Å². The predicted octanol–water partition coefficient (Wildman–Crippen LogP) is 6.46. The van der Waals surface area contributed by atoms with Gasteiger partial charge in [-0.2, -0.15) is 0 Å². The number of hydrogen-bond acceptors (Lipinski definition) is 2. The number of aryl methyl sites for hydroxylation is 1. The molecule has 1 aromatic carbocycles. The van der Waals surface area contributed by atoms with Crippen LogP contribution in [0.3, 0.4) is 0 Å². The molecule has 0 amide bonds. The van der Waals surface area contributed by atoms with Crippen LogP contribution in [-0.2, 0) is 13.5 Å². The first-order chi connectivity index (χ1) is 12.7. The van der Waals surface area contributed by atoms with Crippen LogP contribution < -0.4 is 5.56 Å². The number of nitrogens with zero attached hydrogens (tertiary/aromatic N) is 1. The highest BCUT2D eigenvalue weighted by Crippen LogP contribution is 2.32. The quantitative estimate of drug-likeness (QED) is 0.334. The molecule has 0 atom stereocenters. The minimum absolute atomic E-state index is 0.157. The first-order valence-corrected chi connectivity index (χ1v) is 11.2. The summed E-state index contributed by atoms with van der Waals surface area (Å²) in [6.07, 6.45) is 15.3. The van der Waals surface area contributed by atoms with Gasteiger partial charge in [0.15, 0.2) is 0 Å². The molecular weight excluding hydrogens is 338 g/mol. The molecule has 2 rings (SSSR count). The molecule has 142 valence electrons. The lowest BCUT2D eigenvalue weighted by molar-refractivity contribution is 0.574. The molecule has 0 radical (unpaired) electrons. The molecule has 0 saturated carbocycles. The van der Waals surface area contributed by atoms with Gasteiger partial charge in [-0.25, -0.2) is 0 Å². The van der Waals surface area contributed by atoms with E-state index in [0.717, 1.165) is 29.5 Å². The summed E-state index contributed by atoms with van der Waals surface area (Å²) < 4.78 is 1.75. The standard InChI is InChI=1S/C23H33NOS/c1-4-5-6-7-8-9-10-14-17-20-22(19-15-12-11-13-16-19)21(26-3)18-24(2)23(20)25/h11-13,15-16,18H,4-10,14,17H2,1-3H3. The number of thioether (sulfide) groups is 1. The third-order valence-electron chi connectivity index (χ3n) is 5.00. The number of benzene rings is 1. The lowest BCUT2D eigenvalue weighted by Crippen LogP contribution is -2.22. The summed E-state index contributed by atoms with van der Waals surface area (Å²) in [7, 11) is 1.87. The number of rotatable bonds is 11. The van der Waals surface area contributed by atoms with Crippen molar-refractivity contribution >= 4 is 11.8 Å². The molecule has 0 aliphatic heterocycles. The highest BCUT2D eigenvalue weighted by molar-refractivity contribution is 7.98. The van der Waals surface area contributed by atoms with Crippen LogP contribution in [0.4, 0.5) is 0 Å². The van der Waals surface area contributed by atoms with E-state index >= 15 is 0 Å². The van der Waals surface area contributed by atoms with Gasteiger partial charge in [0.25, 0.3) is 5.56 Å². The van der Waals surface area contributed by atoms with Crippen molar-refractivity contribution in [1.82, 2.24) is 4.57 Å². The second-order valence-corrected chi connectivity index (χ2v) is 7.91. The summed E-state index contributed by atoms with van der Waals surface area (Å²) in [6, 6.07) is 10.4. The molecule has 0 aliphatic carbocycles. The highest BCUT2D eigenvalue weighted by Gasteiger charge is 2.15. The Hall–Kier alpha value is -1.48. The van der Waals surface area contributed by atoms with E-state index < -0.39 is 0 Å². The second-order valence-electron chi connectivity index (χ2n) is 7.06. The van der Waals surface area contributed by atoms with Crippen LogP contribution in [0.5, 0.6) is 0 Å². The molecule has 0 unspecified atom stereocenters. The molecule has 0 N–H and O–H groups in total. The Morgan fingerprint density at radius 3 is 2.15 bits per heavy atom. The fraction of sp³-hybridized carbons (Fsp3) is 0.522. The lowest BCUT2D eigenvalue weighted by Gasteiger charge is -2.15. The zero-order valence-corrected chi connectivity index (χ0v) is 17.4. The molecule has 2 aromatic rings. The van der Waals surface area contributed by atoms with Gasteiger partial charge in [-0.1, -0.05) is 82.2 Å². The monoisotopic (exact) mass is 371 g/mol. The fourth-order valence-electron chi connectivity index (χ4n) is 3.51. The van der Waals surface area contributed by atoms with E-state index in [1.54, 1.807) is 16.3 Å². The summed E-state index contributed by atoms with van der Waals surface area (Å²) in [5, 5.41) is 0. The molecule has 0 saturated heterocycles. The van der Waals surface area contributed by atoms with Crippen LogP contribution in [0.25, 0.3) is 11.1 Å². The molecule has 0 fully saturated rings. The van der Waals surface area contributed by atoms with Gasteiger partial charge < -0.3 is 4.57 Å². The SMILES string of the molecule is CCCCCCCCCCc1c(-c2ccccc2)c(SC)cn(C)c1=O. The zero-order valence-electron chi connectivity index (χ0n) is 16.6. The number of hydrogen-bond donors (Lipinski definition) is 0. The average Bonchev–Trinajstić information content (AvgIpc) is 2.67. The first-order valence-electron chi connectivity index (χ1n) is 10.0. The van der Waals surface area contributed by atoms with E-state index in [-0.39, 0.29) is 5.56 Å². The van der Waals surface area contributed by atoms with Crippen LogP contribution >= 0.6 is 11.8 Å². The Morgan fingerprint density at radius 2 is 1.54 bits per heavy atom. The van der Waals surface area contributed by atoms with Crippen molar-refractivity contribution in [1.29, 1.82) is 0 Å². The van der Waals surface area contributed by atoms with E-state index in [0.29, 0.717) is 0 Å². The maximum absolute atomic E-state index is 12.8. The fourth-order valence-corrected chi connectivity index (χ4v) is 4.22. The Balaban J connectivity index is 2.09. The minimum atomic E-state index is 0.157. The lowest BCUT2D eigenvalue weighted by atomic mass is 9.96. The van der Waals surface area contributed by atoms with Crippen molar-refractivity contribution in [2.45, 2.75) is 69.6 Å². The Kier molecular flexibility index (Phi) is 9.04. The molecule has 1 heterocycles. The van der Waals surface area contributed by atoms with Crippen LogP contribution in [0, 0.1) is 0 Å². The molecule has 2 nitrogen and oxygen atoms in total. The van der Waals surface area contributed by atoms with E-state index in [1.807, 2.05) is 19.3 Å². The van der Waals surface area contributed by atoms with Gasteiger partial charge in [0, 0.05) is 29.3 Å². The molecule has 1 aromatic heterocycles. The zero-order chi connectivity index (χ0) is 18.8. The van der Waals surface area contributed by atoms with Crippen LogP contribution in [0.15, 0.2) is 46.2 Å². The molecule has 0 spiro atoms. The van der Waals surface area contributed by atoms with Crippen molar-refractivity contribution in [2.75, 3.05) is 6.26 Å². The molecule has 26 heavy (non-hydrogen) atoms. The van der Waals surface area contributed by atoms with Gasteiger partial charge in [0.2, 0.25) is 0 Å². The molecule has 0 bridgehead atoms. The molecule has 0 aliphatic rings. The van der Waals surface area contributed by atoms with Gasteiger partial charge in [0.05, 0.1) is 0 Å². The van der Waals surface area contributed by atoms with Gasteiger partial charge in [-0.3, -0.25) is 4.79 Å². The van der Waals surface area contributed by atoms with E-state index in [1.165, 1.54) is 49.8 Å². The molecular formula is C23H33NOS. The Bertz CT molecular complexity index is 721. The largest absolute Gasteiger partial charge is 0.317 e. The summed E-state index contributed by atoms with van der Waals surface area (Å²) >= 11 is 1.72. The van der Waals surface area contributed by atoms with Crippen LogP contribution in [0.1, 0.15) is 63.9 Å². The number of pyridine rings is 1. The Morgan fingerprint density at radius 1 is 0.923 bits per heavy atom. The van der Waals surface area contributed by atoms with Gasteiger partial charge in [-0.05, 0) is 24.7 Å². The van der Waals surface area contributed by atoms with Crippen molar-refractivity contribution in [3.8, 4) is 11.1 Å². The predicted molar refractivity (Wildman–Crippen MR) is 115 cm³/mol. The summed E-state index contributed by atoms with van der Waals surface area (Å²) in [6.45, 7) is 2.26. The first kappa shape index (κ1) is 20.8. The van der Waals surface area contributed by atoms with Crippen LogP contribution in [0.2, 0.25) is 0 Å². The van der Waals surface area contributed by atoms with E-state index in [9.17, 15) is 4.79 Å². The number of aromatic nitrogens is 1. The maximum atomic E-state index is 12.8. The third-order valence-corrected chi connectivity index (χ3v) is 5.75. The highest BCUT2D eigenvalue weighted by atomic mass is 32.2. The minimum Gasteiger partial charge on any atom is -0.317 e. The maximum Gasteiger partial charge on any atom is 0.254 e. The number of unbranched alkanes of at least 4 members (excludes halogenated alkanes) is 7. The van der Waals surface area contributed by atoms with Crippen molar-refractivity contribution in [3.05, 3.63) is 52.4 Å². The molecule has 3 heteroatoms. The average molecular weight is 372 g/mol. The van der Waals surface area contributed by atoms with Gasteiger partial charge >= 0.3 is 0 Å². The van der Waals surface area contributed by atoms with E-state index in [4.69, 9.17) is 0 Å². The van der Waals surface area contributed by atoms with E-state index in [2.05, 4.69) is 37.4 Å². The van der Waals surface area contributed by atoms with Gasteiger partial charge in [-0.15, -0.1) is 11.8 Å².